The van der Waals surface area contributed by atoms with E-state index in [0.29, 0.717) is 0 Å². The molecule has 3 heteroatoms. The average Bonchev–Trinajstić information content (AvgIpc) is 2.34. The lowest BCUT2D eigenvalue weighted by molar-refractivity contribution is 0.291. The fraction of sp³-hybridized carbons (Fsp3) is 1.00. The van der Waals surface area contributed by atoms with Crippen LogP contribution < -0.4 is 5.32 Å². The Hall–Kier alpha value is 0.210. The highest BCUT2D eigenvalue weighted by atomic mass is 35.5. The Morgan fingerprint density at radius 3 is 1.33 bits per heavy atom. The van der Waals surface area contributed by atoms with E-state index in [-0.39, 0.29) is 0 Å². The normalized spacial score (nSPS) is 24.4. The van der Waals surface area contributed by atoms with Gasteiger partial charge in [0.1, 0.15) is 0 Å². The van der Waals surface area contributed by atoms with Gasteiger partial charge in [-0.3, -0.25) is 4.66 Å². The van der Waals surface area contributed by atoms with Gasteiger partial charge in [-0.25, -0.2) is 0 Å². The van der Waals surface area contributed by atoms with Gasteiger partial charge in [-0.15, -0.1) is 0 Å². The lowest BCUT2D eigenvalue weighted by Gasteiger charge is -2.30. The molecule has 0 spiro atoms. The van der Waals surface area contributed by atoms with Gasteiger partial charge in [0.25, 0.3) is 0 Å². The van der Waals surface area contributed by atoms with E-state index in [2.05, 4.69) is 17.2 Å². The smallest absolute Gasteiger partial charge is 0.0579 e. The van der Waals surface area contributed by atoms with Crippen LogP contribution in [0.25, 0.3) is 0 Å². The maximum Gasteiger partial charge on any atom is 0.0579 e. The second kappa shape index (κ2) is 8.37. The van der Waals surface area contributed by atoms with E-state index in [1.807, 2.05) is 0 Å². The molecule has 2 N–H and O–H groups in total. The summed E-state index contributed by atoms with van der Waals surface area (Å²) < 4.78 is 6.47. The molecule has 0 atom stereocenters. The van der Waals surface area contributed by atoms with Crippen molar-refractivity contribution in [2.24, 2.45) is 0 Å². The fourth-order valence-corrected chi connectivity index (χ4v) is 2.87. The molecule has 0 unspecified atom stereocenters. The summed E-state index contributed by atoms with van der Waals surface area (Å²) in [6, 6.07) is 1.74. The van der Waals surface area contributed by atoms with E-state index in [4.69, 9.17) is 4.66 Å². The molecule has 0 bridgehead atoms. The molecule has 2 aliphatic rings. The van der Waals surface area contributed by atoms with Crippen LogP contribution in [-0.2, 0) is 0 Å². The topological polar surface area (TPSA) is 32.3 Å². The molecule has 0 amide bonds. The second-order valence-electron chi connectivity index (χ2n) is 4.84. The standard InChI is InChI=1S/C12H23N.ClHO/c1-3-7-11(8-4-1)13-12-9-5-2-6-10-12;1-2/h11-13H,1-10H2;2H. The molecule has 0 radical (unpaired) electrons. The Kier molecular flexibility index (Phi) is 7.41. The maximum absolute atomic E-state index is 6.47. The molecule has 0 aromatic carbocycles. The third-order valence-corrected chi connectivity index (χ3v) is 3.68. The van der Waals surface area contributed by atoms with Crippen molar-refractivity contribution >= 4 is 11.9 Å². The predicted molar refractivity (Wildman–Crippen MR) is 65.0 cm³/mol. The van der Waals surface area contributed by atoms with E-state index in [9.17, 15) is 0 Å². The highest BCUT2D eigenvalue weighted by molar-refractivity contribution is 6.04. The van der Waals surface area contributed by atoms with E-state index < -0.39 is 0 Å². The fourth-order valence-electron chi connectivity index (χ4n) is 2.87. The minimum Gasteiger partial charge on any atom is -0.311 e. The molecule has 0 aromatic heterocycles. The summed E-state index contributed by atoms with van der Waals surface area (Å²) in [5.41, 5.74) is 0. The Morgan fingerprint density at radius 2 is 1.00 bits per heavy atom. The van der Waals surface area contributed by atoms with Crippen molar-refractivity contribution in [1.82, 2.24) is 5.32 Å². The van der Waals surface area contributed by atoms with Gasteiger partial charge >= 0.3 is 0 Å². The van der Waals surface area contributed by atoms with Crippen LogP contribution in [0.1, 0.15) is 64.2 Å². The van der Waals surface area contributed by atoms with Crippen LogP contribution in [0.2, 0.25) is 0 Å². The first-order valence-electron chi connectivity index (χ1n) is 6.38. The Labute approximate surface area is 98.6 Å². The second-order valence-corrected chi connectivity index (χ2v) is 4.84. The van der Waals surface area contributed by atoms with Gasteiger partial charge in [0.05, 0.1) is 11.9 Å². The van der Waals surface area contributed by atoms with Crippen molar-refractivity contribution < 1.29 is 4.66 Å². The molecular formula is C12H24ClNO. The Bertz CT molecular complexity index is 127. The monoisotopic (exact) mass is 233 g/mol. The predicted octanol–water partition coefficient (Wildman–Crippen LogP) is 3.37. The summed E-state index contributed by atoms with van der Waals surface area (Å²) >= 11 is 3.64. The van der Waals surface area contributed by atoms with Crippen LogP contribution in [0.5, 0.6) is 0 Å². The van der Waals surface area contributed by atoms with Crippen LogP contribution in [0.15, 0.2) is 0 Å². The highest BCUT2D eigenvalue weighted by Gasteiger charge is 2.19. The number of hydrogen-bond donors (Lipinski definition) is 2. The van der Waals surface area contributed by atoms with Gasteiger partial charge < -0.3 is 5.32 Å². The van der Waals surface area contributed by atoms with Gasteiger partial charge in [-0.1, -0.05) is 38.5 Å². The summed E-state index contributed by atoms with van der Waals surface area (Å²) in [6.07, 6.45) is 14.6. The van der Waals surface area contributed by atoms with Crippen LogP contribution in [-0.4, -0.2) is 16.7 Å². The third kappa shape index (κ3) is 5.19. The van der Waals surface area contributed by atoms with E-state index in [1.54, 1.807) is 0 Å². The molecule has 0 saturated heterocycles. The first-order valence-corrected chi connectivity index (χ1v) is 6.72. The summed E-state index contributed by atoms with van der Waals surface area (Å²) in [4.78, 5) is 0. The number of hydrogen-bond acceptors (Lipinski definition) is 2. The first-order chi connectivity index (χ1) is 7.45. The number of rotatable bonds is 2. The molecule has 2 nitrogen and oxygen atoms in total. The van der Waals surface area contributed by atoms with Crippen LogP contribution in [0.4, 0.5) is 0 Å². The molecule has 2 saturated carbocycles. The Morgan fingerprint density at radius 1 is 0.667 bits per heavy atom. The summed E-state index contributed by atoms with van der Waals surface area (Å²) in [5, 5.41) is 3.86. The average molecular weight is 234 g/mol. The summed E-state index contributed by atoms with van der Waals surface area (Å²) in [7, 11) is 0. The van der Waals surface area contributed by atoms with Gasteiger partial charge in [0.2, 0.25) is 0 Å². The maximum atomic E-state index is 6.47. The van der Waals surface area contributed by atoms with Gasteiger partial charge in [0.15, 0.2) is 0 Å². The molecule has 0 aromatic rings. The highest BCUT2D eigenvalue weighted by Crippen LogP contribution is 2.22. The molecule has 90 valence electrons. The van der Waals surface area contributed by atoms with Crippen molar-refractivity contribution in [2.45, 2.75) is 76.3 Å². The Balaban J connectivity index is 0.000000531. The molecule has 2 aliphatic carbocycles. The van der Waals surface area contributed by atoms with Crippen molar-refractivity contribution in [1.29, 1.82) is 0 Å². The lowest BCUT2D eigenvalue weighted by Crippen LogP contribution is -2.40. The minimum atomic E-state index is 0.872. The number of nitrogens with one attached hydrogen (secondary N) is 1. The van der Waals surface area contributed by atoms with Crippen molar-refractivity contribution in [2.75, 3.05) is 0 Å². The molecule has 0 aliphatic heterocycles. The number of halogens is 1. The molecular weight excluding hydrogens is 210 g/mol. The van der Waals surface area contributed by atoms with Crippen LogP contribution in [0, 0.1) is 0 Å². The van der Waals surface area contributed by atoms with E-state index in [0.717, 1.165) is 12.1 Å². The minimum absolute atomic E-state index is 0.872. The summed E-state index contributed by atoms with van der Waals surface area (Å²) in [5.74, 6) is 0. The zero-order valence-corrected chi connectivity index (χ0v) is 10.3. The van der Waals surface area contributed by atoms with Gasteiger partial charge in [0, 0.05) is 12.1 Å². The quantitative estimate of drug-likeness (QED) is 0.767. The van der Waals surface area contributed by atoms with Crippen molar-refractivity contribution in [3.8, 4) is 0 Å². The van der Waals surface area contributed by atoms with Crippen molar-refractivity contribution in [3.63, 3.8) is 0 Å². The largest absolute Gasteiger partial charge is 0.311 e. The van der Waals surface area contributed by atoms with E-state index in [1.165, 1.54) is 64.2 Å². The van der Waals surface area contributed by atoms with Crippen molar-refractivity contribution in [3.05, 3.63) is 0 Å². The third-order valence-electron chi connectivity index (χ3n) is 3.68. The molecule has 2 rings (SSSR count). The summed E-state index contributed by atoms with van der Waals surface area (Å²) in [6.45, 7) is 0. The zero-order chi connectivity index (χ0) is 10.9. The molecule has 15 heavy (non-hydrogen) atoms. The SMILES string of the molecule is C1CCC(NC2CCCCC2)CC1.OCl. The zero-order valence-electron chi connectivity index (χ0n) is 9.55. The van der Waals surface area contributed by atoms with Gasteiger partial charge in [-0.2, -0.15) is 0 Å². The molecule has 2 fully saturated rings. The van der Waals surface area contributed by atoms with E-state index >= 15 is 0 Å². The molecule has 0 heterocycles. The van der Waals surface area contributed by atoms with Gasteiger partial charge in [-0.05, 0) is 25.7 Å². The lowest BCUT2D eigenvalue weighted by atomic mass is 9.91. The van der Waals surface area contributed by atoms with Crippen LogP contribution >= 0.6 is 11.9 Å². The first kappa shape index (κ1) is 13.3. The van der Waals surface area contributed by atoms with Crippen LogP contribution in [0.3, 0.4) is 0 Å².